The van der Waals surface area contributed by atoms with Crippen LogP contribution in [-0.4, -0.2) is 26.4 Å². The van der Waals surface area contributed by atoms with Crippen molar-refractivity contribution in [3.05, 3.63) is 35.9 Å². The molecule has 0 aromatic heterocycles. The molecule has 0 spiro atoms. The van der Waals surface area contributed by atoms with Gasteiger partial charge in [-0.1, -0.05) is 44.2 Å². The molecule has 4 nitrogen and oxygen atoms in total. The highest BCUT2D eigenvalue weighted by Gasteiger charge is 1.84. The zero-order valence-electron chi connectivity index (χ0n) is 12.8. The maximum Gasteiger partial charge on any atom is 0.102 e. The first-order chi connectivity index (χ1) is 8.97. The summed E-state index contributed by atoms with van der Waals surface area (Å²) < 4.78 is 4.53. The van der Waals surface area contributed by atoms with Crippen LogP contribution in [0.15, 0.2) is 30.3 Å². The molecule has 112 valence electrons. The lowest BCUT2D eigenvalue weighted by atomic mass is 10.2. The minimum Gasteiger partial charge on any atom is -0.367 e. The molecule has 0 radical (unpaired) electrons. The minimum absolute atomic E-state index is 0.116. The summed E-state index contributed by atoms with van der Waals surface area (Å²) >= 11 is 0. The molecule has 0 heterocycles. The summed E-state index contributed by atoms with van der Waals surface area (Å²) in [6.45, 7) is 7.52. The van der Waals surface area contributed by atoms with Crippen molar-refractivity contribution >= 4 is 0 Å². The first-order valence-electron chi connectivity index (χ1n) is 6.70. The van der Waals surface area contributed by atoms with Crippen molar-refractivity contribution < 1.29 is 4.74 Å². The second kappa shape index (κ2) is 15.1. The van der Waals surface area contributed by atoms with Gasteiger partial charge < -0.3 is 21.9 Å². The molecular weight excluding hydrogens is 238 g/mol. The standard InChI is InChI=1S/C8H11N.C4H11N.C3H9NO/c9-7-6-8-4-2-1-3-5-8;1-4(2)3-5;1-3(4)5-2/h1-5H,6-7,9H2;4H,3,5H2,1-2H3;3H,4H2,1-2H3. The molecule has 1 atom stereocenters. The second-order valence-electron chi connectivity index (χ2n) is 4.59. The first-order valence-corrected chi connectivity index (χ1v) is 6.70. The van der Waals surface area contributed by atoms with Gasteiger partial charge in [-0.2, -0.15) is 0 Å². The summed E-state index contributed by atoms with van der Waals surface area (Å²) in [6.07, 6.45) is 0.871. The normalized spacial score (nSPS) is 10.9. The molecular formula is C15H31N3O. The van der Waals surface area contributed by atoms with Crippen LogP contribution in [0.3, 0.4) is 0 Å². The van der Waals surface area contributed by atoms with Crippen LogP contribution < -0.4 is 17.2 Å². The first kappa shape index (κ1) is 20.4. The monoisotopic (exact) mass is 269 g/mol. The smallest absolute Gasteiger partial charge is 0.102 e. The average molecular weight is 269 g/mol. The van der Waals surface area contributed by atoms with Crippen molar-refractivity contribution in [3.8, 4) is 0 Å². The van der Waals surface area contributed by atoms with E-state index < -0.39 is 0 Å². The number of rotatable bonds is 4. The third kappa shape index (κ3) is 19.6. The van der Waals surface area contributed by atoms with Crippen LogP contribution in [0.4, 0.5) is 0 Å². The Hall–Kier alpha value is -0.940. The Morgan fingerprint density at radius 1 is 1.05 bits per heavy atom. The van der Waals surface area contributed by atoms with E-state index in [1.54, 1.807) is 14.0 Å². The van der Waals surface area contributed by atoms with Crippen LogP contribution in [0.5, 0.6) is 0 Å². The fourth-order valence-corrected chi connectivity index (χ4v) is 0.811. The molecule has 6 N–H and O–H groups in total. The fraction of sp³-hybridized carbons (Fsp3) is 0.600. The molecule has 0 saturated carbocycles. The van der Waals surface area contributed by atoms with E-state index in [-0.39, 0.29) is 6.23 Å². The minimum atomic E-state index is -0.116. The lowest BCUT2D eigenvalue weighted by Crippen LogP contribution is -2.15. The molecule has 1 rings (SSSR count). The number of benzene rings is 1. The SMILES string of the molecule is CC(C)CN.COC(C)N.NCCc1ccccc1. The third-order valence-corrected chi connectivity index (χ3v) is 2.12. The molecule has 0 fully saturated rings. The van der Waals surface area contributed by atoms with E-state index in [4.69, 9.17) is 17.2 Å². The Kier molecular flexibility index (Phi) is 16.2. The summed E-state index contributed by atoms with van der Waals surface area (Å²) in [5.74, 6) is 0.662. The summed E-state index contributed by atoms with van der Waals surface area (Å²) in [6, 6.07) is 10.3. The van der Waals surface area contributed by atoms with Crippen molar-refractivity contribution in [2.75, 3.05) is 20.2 Å². The van der Waals surface area contributed by atoms with Gasteiger partial charge in [-0.25, -0.2) is 0 Å². The van der Waals surface area contributed by atoms with E-state index in [2.05, 4.69) is 30.7 Å². The molecule has 1 aromatic rings. The molecule has 0 saturated heterocycles. The number of methoxy groups -OCH3 is 1. The lowest BCUT2D eigenvalue weighted by Gasteiger charge is -1.95. The van der Waals surface area contributed by atoms with E-state index in [0.717, 1.165) is 19.5 Å². The Morgan fingerprint density at radius 2 is 1.47 bits per heavy atom. The highest BCUT2D eigenvalue weighted by molar-refractivity contribution is 5.14. The maximum absolute atomic E-state index is 5.36. The molecule has 19 heavy (non-hydrogen) atoms. The summed E-state index contributed by atoms with van der Waals surface area (Å²) in [5.41, 5.74) is 16.9. The van der Waals surface area contributed by atoms with Gasteiger partial charge in [-0.3, -0.25) is 0 Å². The van der Waals surface area contributed by atoms with Crippen LogP contribution in [0.25, 0.3) is 0 Å². The summed E-state index contributed by atoms with van der Waals surface area (Å²) in [5, 5.41) is 0. The van der Waals surface area contributed by atoms with Crippen LogP contribution >= 0.6 is 0 Å². The quantitative estimate of drug-likeness (QED) is 0.726. The van der Waals surface area contributed by atoms with Gasteiger partial charge in [-0.15, -0.1) is 0 Å². The van der Waals surface area contributed by atoms with Gasteiger partial charge in [0.2, 0.25) is 0 Å². The van der Waals surface area contributed by atoms with Gasteiger partial charge in [0.05, 0.1) is 0 Å². The Labute approximate surface area is 118 Å². The second-order valence-corrected chi connectivity index (χ2v) is 4.59. The lowest BCUT2D eigenvalue weighted by molar-refractivity contribution is 0.124. The predicted octanol–water partition coefficient (Wildman–Crippen LogP) is 1.73. The van der Waals surface area contributed by atoms with Gasteiger partial charge in [0.1, 0.15) is 6.23 Å². The third-order valence-electron chi connectivity index (χ3n) is 2.12. The molecule has 1 aromatic carbocycles. The van der Waals surface area contributed by atoms with E-state index in [1.807, 2.05) is 18.2 Å². The molecule has 0 aliphatic rings. The van der Waals surface area contributed by atoms with E-state index >= 15 is 0 Å². The van der Waals surface area contributed by atoms with E-state index in [9.17, 15) is 0 Å². The van der Waals surface area contributed by atoms with Gasteiger partial charge in [0.25, 0.3) is 0 Å². The van der Waals surface area contributed by atoms with Gasteiger partial charge >= 0.3 is 0 Å². The largest absolute Gasteiger partial charge is 0.367 e. The Morgan fingerprint density at radius 3 is 1.74 bits per heavy atom. The summed E-state index contributed by atoms with van der Waals surface area (Å²) in [7, 11) is 1.57. The zero-order chi connectivity index (χ0) is 15.1. The van der Waals surface area contributed by atoms with Crippen LogP contribution in [0, 0.1) is 5.92 Å². The fourth-order valence-electron chi connectivity index (χ4n) is 0.811. The van der Waals surface area contributed by atoms with Crippen molar-refractivity contribution in [1.29, 1.82) is 0 Å². The highest BCUT2D eigenvalue weighted by atomic mass is 16.5. The molecule has 1 unspecified atom stereocenters. The average Bonchev–Trinajstić information content (AvgIpc) is 2.41. The van der Waals surface area contributed by atoms with E-state index in [1.165, 1.54) is 5.56 Å². The number of ether oxygens (including phenoxy) is 1. The highest BCUT2D eigenvalue weighted by Crippen LogP contribution is 1.96. The predicted molar refractivity (Wildman–Crippen MR) is 83.8 cm³/mol. The number of hydrogen-bond donors (Lipinski definition) is 3. The van der Waals surface area contributed by atoms with Crippen molar-refractivity contribution in [1.82, 2.24) is 0 Å². The van der Waals surface area contributed by atoms with E-state index in [0.29, 0.717) is 5.92 Å². The van der Waals surface area contributed by atoms with Crippen LogP contribution in [0.1, 0.15) is 26.3 Å². The van der Waals surface area contributed by atoms with Gasteiger partial charge in [0, 0.05) is 7.11 Å². The topological polar surface area (TPSA) is 87.3 Å². The van der Waals surface area contributed by atoms with Crippen molar-refractivity contribution in [2.24, 2.45) is 23.1 Å². The van der Waals surface area contributed by atoms with Crippen LogP contribution in [0.2, 0.25) is 0 Å². The zero-order valence-corrected chi connectivity index (χ0v) is 12.8. The molecule has 0 bridgehead atoms. The van der Waals surface area contributed by atoms with Gasteiger partial charge in [-0.05, 0) is 37.9 Å². The molecule has 0 amide bonds. The molecule has 0 aliphatic heterocycles. The summed E-state index contributed by atoms with van der Waals surface area (Å²) in [4.78, 5) is 0. The Balaban J connectivity index is 0. The Bertz CT molecular complexity index is 255. The molecule has 0 aliphatic carbocycles. The van der Waals surface area contributed by atoms with Gasteiger partial charge in [0.15, 0.2) is 0 Å². The van der Waals surface area contributed by atoms with Crippen molar-refractivity contribution in [3.63, 3.8) is 0 Å². The number of hydrogen-bond acceptors (Lipinski definition) is 4. The van der Waals surface area contributed by atoms with Crippen LogP contribution in [-0.2, 0) is 11.2 Å². The number of nitrogens with two attached hydrogens (primary N) is 3. The van der Waals surface area contributed by atoms with Crippen molar-refractivity contribution in [2.45, 2.75) is 33.4 Å². The maximum atomic E-state index is 5.36. The molecule has 4 heteroatoms.